The highest BCUT2D eigenvalue weighted by molar-refractivity contribution is 7.92. The number of carbonyl (C=O) groups is 1. The molecule has 1 heterocycles. The predicted octanol–water partition coefficient (Wildman–Crippen LogP) is 3.20. The van der Waals surface area contributed by atoms with E-state index in [0.29, 0.717) is 28.9 Å². The molecule has 0 fully saturated rings. The van der Waals surface area contributed by atoms with Gasteiger partial charge in [-0.3, -0.25) is 9.29 Å². The number of hydrogen-bond donors (Lipinski definition) is 1. The summed E-state index contributed by atoms with van der Waals surface area (Å²) in [4.78, 5) is 23.6. The zero-order valence-electron chi connectivity index (χ0n) is 16.4. The van der Waals surface area contributed by atoms with Gasteiger partial charge in [0.05, 0.1) is 22.6 Å². The van der Waals surface area contributed by atoms with Crippen molar-refractivity contribution in [1.29, 1.82) is 0 Å². The molecule has 154 valence electrons. The van der Waals surface area contributed by atoms with Crippen LogP contribution in [0.3, 0.4) is 0 Å². The maximum absolute atomic E-state index is 12.8. The Bertz CT molecular complexity index is 1210. The van der Waals surface area contributed by atoms with Crippen LogP contribution in [0.4, 0.5) is 5.69 Å². The predicted molar refractivity (Wildman–Crippen MR) is 109 cm³/mol. The average Bonchev–Trinajstić information content (AvgIpc) is 2.95. The maximum atomic E-state index is 12.8. The molecule has 8 nitrogen and oxygen atoms in total. The molecule has 2 aromatic carbocycles. The largest absolute Gasteiger partial charge is 0.462 e. The fourth-order valence-electron chi connectivity index (χ4n) is 2.83. The van der Waals surface area contributed by atoms with E-state index in [9.17, 15) is 18.0 Å². The van der Waals surface area contributed by atoms with Crippen molar-refractivity contribution in [2.75, 3.05) is 11.3 Å². The number of oxazole rings is 1. The average molecular weight is 418 g/mol. The molecule has 3 aromatic rings. The number of unbranched alkanes of at least 4 members (excludes halogenated alkanes) is 1. The van der Waals surface area contributed by atoms with Gasteiger partial charge in [0, 0.05) is 18.8 Å². The van der Waals surface area contributed by atoms with Crippen molar-refractivity contribution in [2.45, 2.75) is 31.6 Å². The number of nitrogens with zero attached hydrogens (tertiary/aromatic N) is 1. The summed E-state index contributed by atoms with van der Waals surface area (Å²) in [5.74, 6) is -1.02. The number of aryl methyl sites for hydroxylation is 2. The number of hydrogen-bond acceptors (Lipinski definition) is 6. The SMILES string of the molecule is CCCCOC(=O)c1ccc(NS(=O)(=O)c2cc3oc(=O)n(C)c3cc2C)cc1. The second kappa shape index (κ2) is 8.12. The monoisotopic (exact) mass is 418 g/mol. The van der Waals surface area contributed by atoms with Gasteiger partial charge in [-0.1, -0.05) is 13.3 Å². The quantitative estimate of drug-likeness (QED) is 0.466. The Morgan fingerprint density at radius 1 is 1.21 bits per heavy atom. The Morgan fingerprint density at radius 2 is 1.90 bits per heavy atom. The van der Waals surface area contributed by atoms with E-state index in [-0.39, 0.29) is 10.5 Å². The van der Waals surface area contributed by atoms with E-state index in [2.05, 4.69) is 4.72 Å². The Balaban J connectivity index is 1.82. The number of fused-ring (bicyclic) bond motifs is 1. The van der Waals surface area contributed by atoms with E-state index in [0.717, 1.165) is 12.8 Å². The summed E-state index contributed by atoms with van der Waals surface area (Å²) in [5.41, 5.74) is 1.81. The zero-order valence-corrected chi connectivity index (χ0v) is 17.2. The van der Waals surface area contributed by atoms with Gasteiger partial charge in [-0.2, -0.15) is 0 Å². The third kappa shape index (κ3) is 4.34. The third-order valence-electron chi connectivity index (χ3n) is 4.48. The third-order valence-corrected chi connectivity index (χ3v) is 6.01. The van der Waals surface area contributed by atoms with Gasteiger partial charge in [0.1, 0.15) is 0 Å². The smallest absolute Gasteiger partial charge is 0.419 e. The van der Waals surface area contributed by atoms with Crippen molar-refractivity contribution >= 4 is 32.8 Å². The van der Waals surface area contributed by atoms with Gasteiger partial charge < -0.3 is 9.15 Å². The summed E-state index contributed by atoms with van der Waals surface area (Å²) >= 11 is 0. The second-order valence-electron chi connectivity index (χ2n) is 6.68. The van der Waals surface area contributed by atoms with Gasteiger partial charge in [0.2, 0.25) is 0 Å². The van der Waals surface area contributed by atoms with Crippen LogP contribution in [0.15, 0.2) is 50.5 Å². The van der Waals surface area contributed by atoms with E-state index < -0.39 is 21.7 Å². The summed E-state index contributed by atoms with van der Waals surface area (Å²) in [6.07, 6.45) is 1.71. The Hall–Kier alpha value is -3.07. The van der Waals surface area contributed by atoms with Gasteiger partial charge in [-0.15, -0.1) is 0 Å². The normalized spacial score (nSPS) is 11.6. The van der Waals surface area contributed by atoms with Crippen LogP contribution in [0.2, 0.25) is 0 Å². The van der Waals surface area contributed by atoms with Gasteiger partial charge in [-0.25, -0.2) is 18.0 Å². The Morgan fingerprint density at radius 3 is 2.55 bits per heavy atom. The Labute approximate surface area is 168 Å². The van der Waals surface area contributed by atoms with E-state index in [1.54, 1.807) is 20.0 Å². The summed E-state index contributed by atoms with van der Waals surface area (Å²) < 4.78 is 39.6. The van der Waals surface area contributed by atoms with Crippen LogP contribution < -0.4 is 10.5 Å². The van der Waals surface area contributed by atoms with E-state index in [1.807, 2.05) is 6.92 Å². The molecular weight excluding hydrogens is 396 g/mol. The molecule has 0 aliphatic carbocycles. The molecule has 9 heteroatoms. The number of anilines is 1. The Kier molecular flexibility index (Phi) is 5.78. The van der Waals surface area contributed by atoms with Crippen molar-refractivity contribution in [3.8, 4) is 0 Å². The van der Waals surface area contributed by atoms with Crippen LogP contribution in [0.5, 0.6) is 0 Å². The highest BCUT2D eigenvalue weighted by Gasteiger charge is 2.20. The summed E-state index contributed by atoms with van der Waals surface area (Å²) in [7, 11) is -2.38. The first-order valence-electron chi connectivity index (χ1n) is 9.13. The van der Waals surface area contributed by atoms with Crippen molar-refractivity contribution in [2.24, 2.45) is 7.05 Å². The molecular formula is C20H22N2O6S. The van der Waals surface area contributed by atoms with Crippen LogP contribution in [0, 0.1) is 6.92 Å². The molecule has 3 rings (SSSR count). The molecule has 0 bridgehead atoms. The minimum Gasteiger partial charge on any atom is -0.462 e. The lowest BCUT2D eigenvalue weighted by Crippen LogP contribution is -2.14. The standard InChI is InChI=1S/C20H22N2O6S/c1-4-5-10-27-19(23)14-6-8-15(9-7-14)21-29(25,26)18-12-17-16(11-13(18)2)22(3)20(24)28-17/h6-9,11-12,21H,4-5,10H2,1-3H3. The topological polar surface area (TPSA) is 108 Å². The molecule has 0 saturated carbocycles. The zero-order chi connectivity index (χ0) is 21.2. The molecule has 0 spiro atoms. The number of carbonyl (C=O) groups excluding carboxylic acids is 1. The van der Waals surface area contributed by atoms with Gasteiger partial charge in [0.25, 0.3) is 10.0 Å². The number of sulfonamides is 1. The van der Waals surface area contributed by atoms with Crippen LogP contribution in [-0.2, 0) is 21.8 Å². The molecule has 0 aliphatic rings. The van der Waals surface area contributed by atoms with Crippen molar-refractivity contribution in [1.82, 2.24) is 4.57 Å². The maximum Gasteiger partial charge on any atom is 0.419 e. The first kappa shape index (κ1) is 20.7. The number of ether oxygens (including phenoxy) is 1. The molecule has 0 atom stereocenters. The molecule has 1 N–H and O–H groups in total. The molecule has 0 amide bonds. The summed E-state index contributed by atoms with van der Waals surface area (Å²) in [6.45, 7) is 3.99. The van der Waals surface area contributed by atoms with Crippen LogP contribution in [0.25, 0.3) is 11.1 Å². The fraction of sp³-hybridized carbons (Fsp3) is 0.300. The van der Waals surface area contributed by atoms with E-state index >= 15 is 0 Å². The molecule has 29 heavy (non-hydrogen) atoms. The fourth-order valence-corrected chi connectivity index (χ4v) is 4.13. The van der Waals surface area contributed by atoms with Crippen molar-refractivity contribution < 1.29 is 22.4 Å². The van der Waals surface area contributed by atoms with Crippen LogP contribution in [-0.4, -0.2) is 25.6 Å². The molecule has 0 radical (unpaired) electrons. The second-order valence-corrected chi connectivity index (χ2v) is 8.34. The first-order valence-corrected chi connectivity index (χ1v) is 10.6. The van der Waals surface area contributed by atoms with Crippen LogP contribution in [0.1, 0.15) is 35.7 Å². The van der Waals surface area contributed by atoms with Gasteiger partial charge >= 0.3 is 11.7 Å². The van der Waals surface area contributed by atoms with Crippen molar-refractivity contribution in [3.63, 3.8) is 0 Å². The van der Waals surface area contributed by atoms with Crippen molar-refractivity contribution in [3.05, 3.63) is 58.1 Å². The summed E-state index contributed by atoms with van der Waals surface area (Å²) in [6, 6.07) is 8.89. The molecule has 0 unspecified atom stereocenters. The minimum atomic E-state index is -3.93. The number of esters is 1. The van der Waals surface area contributed by atoms with E-state index in [4.69, 9.17) is 9.15 Å². The van der Waals surface area contributed by atoms with Gasteiger partial charge in [-0.05, 0) is 49.2 Å². The van der Waals surface area contributed by atoms with E-state index in [1.165, 1.54) is 34.9 Å². The number of benzene rings is 2. The summed E-state index contributed by atoms with van der Waals surface area (Å²) in [5, 5.41) is 0. The lowest BCUT2D eigenvalue weighted by Gasteiger charge is -2.11. The lowest BCUT2D eigenvalue weighted by atomic mass is 10.2. The highest BCUT2D eigenvalue weighted by atomic mass is 32.2. The highest BCUT2D eigenvalue weighted by Crippen LogP contribution is 2.25. The lowest BCUT2D eigenvalue weighted by molar-refractivity contribution is 0.0500. The molecule has 0 aliphatic heterocycles. The first-order chi connectivity index (χ1) is 13.7. The molecule has 1 aromatic heterocycles. The van der Waals surface area contributed by atoms with Gasteiger partial charge in [0.15, 0.2) is 5.58 Å². The molecule has 0 saturated heterocycles. The number of rotatable bonds is 7. The minimum absolute atomic E-state index is 0.00222. The van der Waals surface area contributed by atoms with Crippen LogP contribution >= 0.6 is 0 Å². The number of aromatic nitrogens is 1. The number of nitrogens with one attached hydrogen (secondary N) is 1.